The van der Waals surface area contributed by atoms with Gasteiger partial charge in [0.2, 0.25) is 0 Å². The van der Waals surface area contributed by atoms with E-state index in [4.69, 9.17) is 48.6 Å². The van der Waals surface area contributed by atoms with Crippen molar-refractivity contribution in [3.63, 3.8) is 0 Å². The maximum Gasteiger partial charge on any atom is 0.185 e. The van der Waals surface area contributed by atoms with Crippen LogP contribution >= 0.6 is 0 Å². The Labute approximate surface area is 343 Å². The Morgan fingerprint density at radius 3 is 2.00 bits per heavy atom. The first-order chi connectivity index (χ1) is 27.3. The Kier molecular flexibility index (Phi) is 16.7. The number of hydrogen-bond donors (Lipinski definition) is 6. The monoisotopic (exact) mass is 795 g/mol. The minimum Gasteiger partial charge on any atom is -0.378 e. The summed E-state index contributed by atoms with van der Waals surface area (Å²) >= 11 is 0. The number of aliphatic imine (C=N–C) groups is 3. The van der Waals surface area contributed by atoms with E-state index in [-0.39, 0.29) is 47.0 Å². The SMILES string of the molecule is CC(CCCN(C)Cc1ccccc1)C1CC[C@H]2C3[C@H](OCCCN=C(N)N)CC4C[C@H](OCCCN=C(N)N)CC[C@]4(C)[C@H]3C[C@H](OCCCN=C(N)N)[C@]12C. The Balaban J connectivity index is 1.35. The molecule has 4 aliphatic rings. The maximum absolute atomic E-state index is 7.14. The highest BCUT2D eigenvalue weighted by molar-refractivity contribution is 5.76. The molecular weight excluding hydrogens is 717 g/mol. The van der Waals surface area contributed by atoms with Gasteiger partial charge in [-0.05, 0) is 137 Å². The Morgan fingerprint density at radius 2 is 1.37 bits per heavy atom. The van der Waals surface area contributed by atoms with E-state index in [1.165, 1.54) is 31.2 Å². The van der Waals surface area contributed by atoms with Crippen LogP contribution in [0.1, 0.15) is 103 Å². The highest BCUT2D eigenvalue weighted by atomic mass is 16.5. The molecule has 5 rings (SSSR count). The van der Waals surface area contributed by atoms with E-state index in [0.29, 0.717) is 75.0 Å². The third-order valence-corrected chi connectivity index (χ3v) is 14.7. The highest BCUT2D eigenvalue weighted by Gasteiger charge is 2.66. The van der Waals surface area contributed by atoms with E-state index >= 15 is 0 Å². The molecule has 0 spiro atoms. The van der Waals surface area contributed by atoms with Crippen molar-refractivity contribution in [2.45, 2.75) is 123 Å². The standard InChI is InChI=1S/C44H78N10O3/c1-30(12-8-22-54(4)29-31-13-6-5-7-14-31)34-15-16-35-39-36(28-38(44(34,35)3)57-25-11-21-53-42(49)50)43(2)18-17-33(55-23-9-19-51-40(45)46)26-32(43)27-37(39)56-24-10-20-52-41(47)48/h5-7,13-14,30,32-39H,8-12,15-29H2,1-4H3,(H4,45,46,51)(H4,47,48,52)(H4,49,50,53)/t30?,32?,33-,34?,35+,36+,37-,38+,39?,43+,44-/m1/s1. The lowest BCUT2D eigenvalue weighted by atomic mass is 9.43. The molecule has 0 radical (unpaired) electrons. The molecule has 1 aromatic carbocycles. The van der Waals surface area contributed by atoms with Crippen molar-refractivity contribution in [3.8, 4) is 0 Å². The first kappa shape index (κ1) is 45.0. The van der Waals surface area contributed by atoms with Crippen LogP contribution in [-0.2, 0) is 20.8 Å². The average Bonchev–Trinajstić information content (AvgIpc) is 3.52. The Hall–Kier alpha value is -3.13. The summed E-state index contributed by atoms with van der Waals surface area (Å²) in [6, 6.07) is 10.8. The van der Waals surface area contributed by atoms with Crippen molar-refractivity contribution in [1.29, 1.82) is 0 Å². The first-order valence-electron chi connectivity index (χ1n) is 22.1. The molecule has 0 aliphatic heterocycles. The number of rotatable bonds is 22. The van der Waals surface area contributed by atoms with E-state index < -0.39 is 0 Å². The van der Waals surface area contributed by atoms with Crippen molar-refractivity contribution in [2.75, 3.05) is 53.0 Å². The topological polar surface area (TPSA) is 224 Å². The molecular formula is C44H78N10O3. The Bertz CT molecular complexity index is 1450. The fourth-order valence-corrected chi connectivity index (χ4v) is 12.0. The molecule has 0 aromatic heterocycles. The van der Waals surface area contributed by atoms with Crippen LogP contribution in [0.25, 0.3) is 0 Å². The van der Waals surface area contributed by atoms with Crippen LogP contribution in [0.2, 0.25) is 0 Å². The van der Waals surface area contributed by atoms with Gasteiger partial charge >= 0.3 is 0 Å². The molecule has 4 fully saturated rings. The summed E-state index contributed by atoms with van der Waals surface area (Å²) in [6.45, 7) is 13.5. The summed E-state index contributed by atoms with van der Waals surface area (Å²) in [5.74, 6) is 3.61. The molecule has 13 heteroatoms. The van der Waals surface area contributed by atoms with Crippen molar-refractivity contribution in [1.82, 2.24) is 4.90 Å². The third-order valence-electron chi connectivity index (χ3n) is 14.7. The predicted molar refractivity (Wildman–Crippen MR) is 232 cm³/mol. The van der Waals surface area contributed by atoms with E-state index in [2.05, 4.69) is 78.0 Å². The van der Waals surface area contributed by atoms with E-state index in [0.717, 1.165) is 64.5 Å². The largest absolute Gasteiger partial charge is 0.378 e. The second kappa shape index (κ2) is 21.2. The van der Waals surface area contributed by atoms with Crippen LogP contribution in [0.15, 0.2) is 45.3 Å². The van der Waals surface area contributed by atoms with Gasteiger partial charge in [0.05, 0.1) is 18.3 Å². The average molecular weight is 795 g/mol. The van der Waals surface area contributed by atoms with Crippen LogP contribution in [0, 0.1) is 46.3 Å². The second-order valence-corrected chi connectivity index (χ2v) is 18.4. The maximum atomic E-state index is 7.14. The lowest BCUT2D eigenvalue weighted by Crippen LogP contribution is -2.63. The van der Waals surface area contributed by atoms with E-state index in [9.17, 15) is 0 Å². The molecule has 13 nitrogen and oxygen atoms in total. The van der Waals surface area contributed by atoms with Crippen molar-refractivity contribution in [2.24, 2.45) is 95.7 Å². The lowest BCUT2D eigenvalue weighted by Gasteiger charge is -2.65. The molecule has 57 heavy (non-hydrogen) atoms. The quantitative estimate of drug-likeness (QED) is 0.0545. The molecule has 0 saturated heterocycles. The molecule has 0 amide bonds. The Morgan fingerprint density at radius 1 is 0.754 bits per heavy atom. The number of hydrogen-bond acceptors (Lipinski definition) is 7. The molecule has 322 valence electrons. The first-order valence-corrected chi connectivity index (χ1v) is 22.1. The van der Waals surface area contributed by atoms with Crippen LogP contribution < -0.4 is 34.4 Å². The van der Waals surface area contributed by atoms with Gasteiger partial charge in [0.15, 0.2) is 17.9 Å². The van der Waals surface area contributed by atoms with Gasteiger partial charge < -0.3 is 53.5 Å². The zero-order valence-corrected chi connectivity index (χ0v) is 35.7. The molecule has 11 atom stereocenters. The summed E-state index contributed by atoms with van der Waals surface area (Å²) in [5.41, 5.74) is 35.4. The van der Waals surface area contributed by atoms with Crippen LogP contribution in [0.4, 0.5) is 0 Å². The number of ether oxygens (including phenoxy) is 3. The summed E-state index contributed by atoms with van der Waals surface area (Å²) in [7, 11) is 2.25. The second-order valence-electron chi connectivity index (χ2n) is 18.4. The van der Waals surface area contributed by atoms with E-state index in [1.54, 1.807) is 0 Å². The molecule has 4 saturated carbocycles. The van der Waals surface area contributed by atoms with Gasteiger partial charge in [0, 0.05) is 51.4 Å². The summed E-state index contributed by atoms with van der Waals surface area (Å²) < 4.78 is 20.7. The van der Waals surface area contributed by atoms with Crippen LogP contribution in [0.5, 0.6) is 0 Å². The normalized spacial score (nSPS) is 32.4. The lowest BCUT2D eigenvalue weighted by molar-refractivity contribution is -0.227. The van der Waals surface area contributed by atoms with Gasteiger partial charge in [0.25, 0.3) is 0 Å². The number of guanidine groups is 3. The zero-order valence-electron chi connectivity index (χ0n) is 35.7. The van der Waals surface area contributed by atoms with Crippen molar-refractivity contribution < 1.29 is 14.2 Å². The number of benzene rings is 1. The van der Waals surface area contributed by atoms with Crippen LogP contribution in [-0.4, -0.2) is 94.1 Å². The van der Waals surface area contributed by atoms with Gasteiger partial charge in [-0.1, -0.05) is 51.1 Å². The molecule has 1 aromatic rings. The summed E-state index contributed by atoms with van der Waals surface area (Å²) in [5, 5.41) is 0. The zero-order chi connectivity index (χ0) is 41.0. The molecule has 0 bridgehead atoms. The smallest absolute Gasteiger partial charge is 0.185 e. The van der Waals surface area contributed by atoms with Gasteiger partial charge in [0.1, 0.15) is 0 Å². The molecule has 0 heterocycles. The van der Waals surface area contributed by atoms with Crippen LogP contribution in [0.3, 0.4) is 0 Å². The summed E-state index contributed by atoms with van der Waals surface area (Å²) in [4.78, 5) is 15.1. The summed E-state index contributed by atoms with van der Waals surface area (Å²) in [6.07, 6.45) is 13.3. The molecule has 12 N–H and O–H groups in total. The van der Waals surface area contributed by atoms with Gasteiger partial charge in [-0.2, -0.15) is 0 Å². The minimum atomic E-state index is 0.0471. The fraction of sp³-hybridized carbons (Fsp3) is 0.795. The fourth-order valence-electron chi connectivity index (χ4n) is 12.0. The van der Waals surface area contributed by atoms with E-state index in [1.807, 2.05) is 0 Å². The highest BCUT2D eigenvalue weighted by Crippen LogP contribution is 2.69. The number of nitrogens with zero attached hydrogens (tertiary/aromatic N) is 4. The van der Waals surface area contributed by atoms with Gasteiger partial charge in [-0.3, -0.25) is 15.0 Å². The molecule has 4 unspecified atom stereocenters. The van der Waals surface area contributed by atoms with Crippen molar-refractivity contribution >= 4 is 17.9 Å². The predicted octanol–water partition coefficient (Wildman–Crippen LogP) is 4.56. The molecule has 4 aliphatic carbocycles. The van der Waals surface area contributed by atoms with Gasteiger partial charge in [-0.15, -0.1) is 0 Å². The number of fused-ring (bicyclic) bond motifs is 5. The number of nitrogens with two attached hydrogens (primary N) is 6. The van der Waals surface area contributed by atoms with Gasteiger partial charge in [-0.25, -0.2) is 0 Å². The van der Waals surface area contributed by atoms with Crippen molar-refractivity contribution in [3.05, 3.63) is 35.9 Å². The third kappa shape index (κ3) is 11.8. The minimum absolute atomic E-state index is 0.0471.